The van der Waals surface area contributed by atoms with Crippen LogP contribution in [-0.2, 0) is 4.79 Å². The molecule has 4 heteroatoms. The van der Waals surface area contributed by atoms with Crippen LogP contribution in [0.2, 0.25) is 0 Å². The molecule has 0 aromatic rings. The van der Waals surface area contributed by atoms with Crippen LogP contribution in [0, 0.1) is 22.2 Å². The molecular weight excluding hydrogens is 238 g/mol. The highest BCUT2D eigenvalue weighted by Gasteiger charge is 2.39. The molecule has 0 bridgehead atoms. The van der Waals surface area contributed by atoms with Gasteiger partial charge >= 0.3 is 0 Å². The minimum Gasteiger partial charge on any atom is -0.359 e. The van der Waals surface area contributed by atoms with Crippen LogP contribution in [0.3, 0.4) is 0 Å². The van der Waals surface area contributed by atoms with Crippen molar-refractivity contribution in [3.05, 3.63) is 0 Å². The van der Waals surface area contributed by atoms with Crippen LogP contribution in [0.4, 0.5) is 0 Å². The van der Waals surface area contributed by atoms with E-state index in [4.69, 9.17) is 5.26 Å². The summed E-state index contributed by atoms with van der Waals surface area (Å²) < 4.78 is 0. The molecule has 1 aliphatic rings. The van der Waals surface area contributed by atoms with Gasteiger partial charge in [0.1, 0.15) is 0 Å². The first-order chi connectivity index (χ1) is 8.83. The van der Waals surface area contributed by atoms with E-state index in [1.54, 1.807) is 7.05 Å². The fraction of sp³-hybridized carbons (Fsp3) is 0.867. The van der Waals surface area contributed by atoms with Crippen molar-refractivity contribution in [3.63, 3.8) is 0 Å². The van der Waals surface area contributed by atoms with E-state index in [9.17, 15) is 4.79 Å². The lowest BCUT2D eigenvalue weighted by molar-refractivity contribution is -0.129. The van der Waals surface area contributed by atoms with Crippen molar-refractivity contribution in [1.82, 2.24) is 10.2 Å². The number of nitrogens with zero attached hydrogens (tertiary/aromatic N) is 2. The van der Waals surface area contributed by atoms with Crippen LogP contribution in [0.25, 0.3) is 0 Å². The largest absolute Gasteiger partial charge is 0.359 e. The molecule has 0 radical (unpaired) electrons. The van der Waals surface area contributed by atoms with Gasteiger partial charge in [-0.3, -0.25) is 4.79 Å². The normalized spacial score (nSPS) is 24.2. The second kappa shape index (κ2) is 6.38. The van der Waals surface area contributed by atoms with Crippen molar-refractivity contribution in [1.29, 1.82) is 5.26 Å². The number of likely N-dealkylation sites (tertiary alicyclic amines) is 1. The molecule has 1 fully saturated rings. The molecule has 0 saturated carbocycles. The van der Waals surface area contributed by atoms with Gasteiger partial charge < -0.3 is 10.2 Å². The predicted octanol–water partition coefficient (Wildman–Crippen LogP) is 2.16. The maximum atomic E-state index is 11.8. The van der Waals surface area contributed by atoms with E-state index in [-0.39, 0.29) is 16.7 Å². The topological polar surface area (TPSA) is 56.1 Å². The zero-order valence-electron chi connectivity index (χ0n) is 12.8. The van der Waals surface area contributed by atoms with E-state index < -0.39 is 0 Å². The SMILES string of the molecule is CNC(=O)C1(C)CCN(CCCCC(C)(C)C#N)C1. The Hall–Kier alpha value is -1.08. The highest BCUT2D eigenvalue weighted by Crippen LogP contribution is 2.30. The van der Waals surface area contributed by atoms with E-state index in [1.165, 1.54) is 0 Å². The molecule has 1 N–H and O–H groups in total. The van der Waals surface area contributed by atoms with Gasteiger partial charge in [-0.05, 0) is 53.1 Å². The van der Waals surface area contributed by atoms with Crippen LogP contribution in [-0.4, -0.2) is 37.5 Å². The maximum absolute atomic E-state index is 11.8. The van der Waals surface area contributed by atoms with Gasteiger partial charge in [0.2, 0.25) is 5.91 Å². The summed E-state index contributed by atoms with van der Waals surface area (Å²) in [6.07, 6.45) is 4.07. The summed E-state index contributed by atoms with van der Waals surface area (Å²) in [4.78, 5) is 14.2. The molecular formula is C15H27N3O. The second-order valence-electron chi connectivity index (χ2n) is 6.62. The fourth-order valence-corrected chi connectivity index (χ4v) is 2.69. The van der Waals surface area contributed by atoms with Gasteiger partial charge in [-0.25, -0.2) is 0 Å². The Morgan fingerprint density at radius 2 is 2.16 bits per heavy atom. The first kappa shape index (κ1) is 16.0. The minimum absolute atomic E-state index is 0.153. The lowest BCUT2D eigenvalue weighted by Crippen LogP contribution is -2.39. The quantitative estimate of drug-likeness (QED) is 0.749. The number of rotatable bonds is 6. The standard InChI is InChI=1S/C15H27N3O/c1-14(2,11-16)7-5-6-9-18-10-8-15(3,12-18)13(19)17-4/h5-10,12H2,1-4H3,(H,17,19). The first-order valence-corrected chi connectivity index (χ1v) is 7.19. The van der Waals surface area contributed by atoms with Gasteiger partial charge in [0.25, 0.3) is 0 Å². The van der Waals surface area contributed by atoms with Gasteiger partial charge in [-0.15, -0.1) is 0 Å². The summed E-state index contributed by atoms with van der Waals surface area (Å²) in [5.74, 6) is 0.153. The smallest absolute Gasteiger partial charge is 0.227 e. The average Bonchev–Trinajstić information content (AvgIpc) is 2.77. The summed E-state index contributed by atoms with van der Waals surface area (Å²) in [5, 5.41) is 11.7. The third kappa shape index (κ3) is 4.50. The predicted molar refractivity (Wildman–Crippen MR) is 76.5 cm³/mol. The van der Waals surface area contributed by atoms with Crippen molar-refractivity contribution in [2.24, 2.45) is 10.8 Å². The molecule has 1 amide bonds. The highest BCUT2D eigenvalue weighted by molar-refractivity contribution is 5.82. The molecule has 0 aromatic heterocycles. The zero-order chi connectivity index (χ0) is 14.5. The van der Waals surface area contributed by atoms with Crippen LogP contribution in [0.5, 0.6) is 0 Å². The van der Waals surface area contributed by atoms with Crippen molar-refractivity contribution in [3.8, 4) is 6.07 Å². The lowest BCUT2D eigenvalue weighted by Gasteiger charge is -2.23. The number of unbranched alkanes of at least 4 members (excludes halogenated alkanes) is 1. The first-order valence-electron chi connectivity index (χ1n) is 7.19. The Balaban J connectivity index is 2.27. The maximum Gasteiger partial charge on any atom is 0.227 e. The molecule has 1 heterocycles. The zero-order valence-corrected chi connectivity index (χ0v) is 12.8. The number of nitriles is 1. The Labute approximate surface area is 117 Å². The van der Waals surface area contributed by atoms with E-state index in [2.05, 4.69) is 16.3 Å². The molecule has 0 aliphatic carbocycles. The number of nitrogens with one attached hydrogen (secondary N) is 1. The number of hydrogen-bond acceptors (Lipinski definition) is 3. The van der Waals surface area contributed by atoms with Crippen molar-refractivity contribution in [2.45, 2.75) is 46.5 Å². The van der Waals surface area contributed by atoms with Gasteiger partial charge in [0, 0.05) is 13.6 Å². The van der Waals surface area contributed by atoms with E-state index in [1.807, 2.05) is 20.8 Å². The molecule has 19 heavy (non-hydrogen) atoms. The number of amides is 1. The van der Waals surface area contributed by atoms with E-state index >= 15 is 0 Å². The van der Waals surface area contributed by atoms with Gasteiger partial charge in [-0.1, -0.05) is 6.42 Å². The van der Waals surface area contributed by atoms with Gasteiger partial charge in [0.05, 0.1) is 16.9 Å². The van der Waals surface area contributed by atoms with Gasteiger partial charge in [-0.2, -0.15) is 5.26 Å². The van der Waals surface area contributed by atoms with Crippen LogP contribution in [0.1, 0.15) is 46.5 Å². The lowest BCUT2D eigenvalue weighted by atomic mass is 9.88. The number of carbonyl (C=O) groups is 1. The van der Waals surface area contributed by atoms with E-state index in [0.717, 1.165) is 45.3 Å². The third-order valence-electron chi connectivity index (χ3n) is 4.16. The van der Waals surface area contributed by atoms with E-state index in [0.29, 0.717) is 0 Å². The van der Waals surface area contributed by atoms with Crippen molar-refractivity contribution in [2.75, 3.05) is 26.7 Å². The van der Waals surface area contributed by atoms with Crippen molar-refractivity contribution < 1.29 is 4.79 Å². The molecule has 1 atom stereocenters. The Morgan fingerprint density at radius 3 is 2.74 bits per heavy atom. The molecule has 1 saturated heterocycles. The molecule has 1 aliphatic heterocycles. The monoisotopic (exact) mass is 265 g/mol. The molecule has 1 unspecified atom stereocenters. The summed E-state index contributed by atoms with van der Waals surface area (Å²) in [6.45, 7) is 8.93. The molecule has 0 spiro atoms. The Morgan fingerprint density at radius 1 is 1.47 bits per heavy atom. The fourth-order valence-electron chi connectivity index (χ4n) is 2.69. The second-order valence-corrected chi connectivity index (χ2v) is 6.62. The highest BCUT2D eigenvalue weighted by atomic mass is 16.2. The number of hydrogen-bond donors (Lipinski definition) is 1. The summed E-state index contributed by atoms with van der Waals surface area (Å²) in [6, 6.07) is 2.34. The van der Waals surface area contributed by atoms with Crippen LogP contribution >= 0.6 is 0 Å². The molecule has 108 valence electrons. The molecule has 0 aromatic carbocycles. The third-order valence-corrected chi connectivity index (χ3v) is 4.16. The minimum atomic E-state index is -0.222. The molecule has 1 rings (SSSR count). The van der Waals surface area contributed by atoms with Gasteiger partial charge in [0.15, 0.2) is 0 Å². The average molecular weight is 265 g/mol. The summed E-state index contributed by atoms with van der Waals surface area (Å²) >= 11 is 0. The Bertz CT molecular complexity index is 359. The summed E-state index contributed by atoms with van der Waals surface area (Å²) in [7, 11) is 1.71. The van der Waals surface area contributed by atoms with Crippen LogP contribution < -0.4 is 5.32 Å². The van der Waals surface area contributed by atoms with Crippen LogP contribution in [0.15, 0.2) is 0 Å². The molecule has 4 nitrogen and oxygen atoms in total. The van der Waals surface area contributed by atoms with Crippen molar-refractivity contribution >= 4 is 5.91 Å². The Kier molecular flexibility index (Phi) is 5.37. The number of carbonyl (C=O) groups excluding carboxylic acids is 1. The summed E-state index contributed by atoms with van der Waals surface area (Å²) in [5.41, 5.74) is -0.428.